The summed E-state index contributed by atoms with van der Waals surface area (Å²) in [7, 11) is 0. The number of nitrogens with zero attached hydrogens (tertiary/aromatic N) is 1. The van der Waals surface area contributed by atoms with Crippen LogP contribution in [-0.4, -0.2) is 12.1 Å². The second-order valence-electron chi connectivity index (χ2n) is 4.45. The highest BCUT2D eigenvalue weighted by molar-refractivity contribution is 7.17. The Labute approximate surface area is 124 Å². The van der Waals surface area contributed by atoms with Crippen molar-refractivity contribution in [2.24, 2.45) is 5.10 Å². The van der Waals surface area contributed by atoms with Gasteiger partial charge in [-0.1, -0.05) is 50.6 Å². The van der Waals surface area contributed by atoms with Gasteiger partial charge in [-0.25, -0.2) is 5.43 Å². The predicted molar refractivity (Wildman–Crippen MR) is 83.1 cm³/mol. The fourth-order valence-corrected chi connectivity index (χ4v) is 2.62. The molecule has 19 heavy (non-hydrogen) atoms. The summed E-state index contributed by atoms with van der Waals surface area (Å²) < 4.78 is 0.722. The molecule has 0 radical (unpaired) electrons. The van der Waals surface area contributed by atoms with Gasteiger partial charge in [0.05, 0.1) is 10.6 Å². The number of unbranched alkanes of at least 4 members (excludes halogenated alkanes) is 5. The van der Waals surface area contributed by atoms with E-state index >= 15 is 0 Å². The van der Waals surface area contributed by atoms with Crippen molar-refractivity contribution in [3.8, 4) is 0 Å². The average Bonchev–Trinajstić information content (AvgIpc) is 2.79. The van der Waals surface area contributed by atoms with Crippen LogP contribution in [-0.2, 0) is 4.79 Å². The Morgan fingerprint density at radius 1 is 1.32 bits per heavy atom. The maximum Gasteiger partial charge on any atom is 0.240 e. The molecule has 0 saturated heterocycles. The maximum atomic E-state index is 11.5. The van der Waals surface area contributed by atoms with Crippen molar-refractivity contribution in [1.82, 2.24) is 5.43 Å². The highest BCUT2D eigenvalue weighted by Gasteiger charge is 1.99. The smallest absolute Gasteiger partial charge is 0.240 e. The van der Waals surface area contributed by atoms with E-state index in [1.54, 1.807) is 6.21 Å². The summed E-state index contributed by atoms with van der Waals surface area (Å²) in [5.74, 6) is -0.0191. The number of hydrazone groups is 1. The number of hydrogen-bond donors (Lipinski definition) is 1. The predicted octanol–water partition coefficient (Wildman–Crippen LogP) is 4.60. The van der Waals surface area contributed by atoms with E-state index in [0.717, 1.165) is 22.1 Å². The zero-order chi connectivity index (χ0) is 13.9. The third kappa shape index (κ3) is 8.01. The van der Waals surface area contributed by atoms with E-state index in [1.807, 2.05) is 12.1 Å². The zero-order valence-electron chi connectivity index (χ0n) is 11.3. The molecule has 106 valence electrons. The molecule has 0 unspecified atom stereocenters. The van der Waals surface area contributed by atoms with Crippen LogP contribution in [0.25, 0.3) is 0 Å². The summed E-state index contributed by atoms with van der Waals surface area (Å²) in [6, 6.07) is 3.68. The first-order chi connectivity index (χ1) is 9.22. The summed E-state index contributed by atoms with van der Waals surface area (Å²) >= 11 is 7.23. The minimum Gasteiger partial charge on any atom is -0.273 e. The molecule has 5 heteroatoms. The van der Waals surface area contributed by atoms with E-state index in [2.05, 4.69) is 17.5 Å². The van der Waals surface area contributed by atoms with Gasteiger partial charge >= 0.3 is 0 Å². The van der Waals surface area contributed by atoms with Gasteiger partial charge in [0, 0.05) is 11.3 Å². The Hall–Kier alpha value is -0.870. The van der Waals surface area contributed by atoms with Crippen LogP contribution in [0.2, 0.25) is 4.34 Å². The Morgan fingerprint density at radius 3 is 2.74 bits per heavy atom. The minimum absolute atomic E-state index is 0.0191. The standard InChI is InChI=1S/C14H21ClN2OS/c1-2-3-4-5-6-7-8-14(18)17-16-11-12-9-10-13(15)19-12/h9-11H,2-8H2,1H3,(H,17,18). The van der Waals surface area contributed by atoms with Gasteiger partial charge in [-0.05, 0) is 18.6 Å². The second-order valence-corrected chi connectivity index (χ2v) is 6.20. The van der Waals surface area contributed by atoms with E-state index in [9.17, 15) is 4.79 Å². The lowest BCUT2D eigenvalue weighted by molar-refractivity contribution is -0.121. The fraction of sp³-hybridized carbons (Fsp3) is 0.571. The van der Waals surface area contributed by atoms with Crippen LogP contribution in [0.4, 0.5) is 0 Å². The van der Waals surface area contributed by atoms with Gasteiger partial charge in [0.2, 0.25) is 5.91 Å². The molecule has 0 spiro atoms. The Balaban J connectivity index is 2.06. The van der Waals surface area contributed by atoms with Crippen LogP contribution >= 0.6 is 22.9 Å². The molecule has 1 amide bonds. The van der Waals surface area contributed by atoms with E-state index in [-0.39, 0.29) is 5.91 Å². The van der Waals surface area contributed by atoms with Gasteiger partial charge in [-0.2, -0.15) is 5.10 Å². The third-order valence-corrected chi connectivity index (χ3v) is 3.90. The van der Waals surface area contributed by atoms with Crippen LogP contribution < -0.4 is 5.43 Å². The number of carbonyl (C=O) groups is 1. The van der Waals surface area contributed by atoms with Crippen molar-refractivity contribution in [3.05, 3.63) is 21.3 Å². The Morgan fingerprint density at radius 2 is 2.05 bits per heavy atom. The molecule has 0 aliphatic heterocycles. The van der Waals surface area contributed by atoms with Crippen molar-refractivity contribution in [2.45, 2.75) is 51.9 Å². The van der Waals surface area contributed by atoms with Gasteiger partial charge in [0.15, 0.2) is 0 Å². The molecule has 1 rings (SSSR count). The molecule has 3 nitrogen and oxygen atoms in total. The largest absolute Gasteiger partial charge is 0.273 e. The number of amides is 1. The highest BCUT2D eigenvalue weighted by Crippen LogP contribution is 2.19. The molecule has 0 atom stereocenters. The third-order valence-electron chi connectivity index (χ3n) is 2.73. The van der Waals surface area contributed by atoms with Gasteiger partial charge in [0.1, 0.15) is 0 Å². The minimum atomic E-state index is -0.0191. The molecule has 1 aromatic heterocycles. The Bertz CT molecular complexity index is 404. The average molecular weight is 301 g/mol. The number of nitrogens with one attached hydrogen (secondary N) is 1. The fourth-order valence-electron chi connectivity index (χ4n) is 1.69. The first-order valence-corrected chi connectivity index (χ1v) is 7.99. The number of hydrogen-bond acceptors (Lipinski definition) is 3. The van der Waals surface area contributed by atoms with Gasteiger partial charge in [0.25, 0.3) is 0 Å². The first kappa shape index (κ1) is 16.2. The Kier molecular flexibility index (Phi) is 8.50. The van der Waals surface area contributed by atoms with E-state index in [0.29, 0.717) is 6.42 Å². The van der Waals surface area contributed by atoms with Gasteiger partial charge in [-0.3, -0.25) is 4.79 Å². The van der Waals surface area contributed by atoms with E-state index in [4.69, 9.17) is 11.6 Å². The van der Waals surface area contributed by atoms with Crippen molar-refractivity contribution in [1.29, 1.82) is 0 Å². The lowest BCUT2D eigenvalue weighted by Gasteiger charge is -2.00. The van der Waals surface area contributed by atoms with Gasteiger partial charge in [-0.15, -0.1) is 11.3 Å². The first-order valence-electron chi connectivity index (χ1n) is 6.79. The van der Waals surface area contributed by atoms with Crippen molar-refractivity contribution in [3.63, 3.8) is 0 Å². The topological polar surface area (TPSA) is 41.5 Å². The van der Waals surface area contributed by atoms with E-state index in [1.165, 1.54) is 37.0 Å². The maximum absolute atomic E-state index is 11.5. The molecular weight excluding hydrogens is 280 g/mol. The second kappa shape index (κ2) is 9.98. The van der Waals surface area contributed by atoms with Gasteiger partial charge < -0.3 is 0 Å². The molecule has 0 aliphatic carbocycles. The van der Waals surface area contributed by atoms with Crippen molar-refractivity contribution < 1.29 is 4.79 Å². The molecule has 1 heterocycles. The number of thiophene rings is 1. The summed E-state index contributed by atoms with van der Waals surface area (Å²) in [6.45, 7) is 2.20. The summed E-state index contributed by atoms with van der Waals surface area (Å²) in [5, 5.41) is 3.91. The number of halogens is 1. The van der Waals surface area contributed by atoms with Crippen molar-refractivity contribution >= 4 is 35.1 Å². The number of rotatable bonds is 9. The SMILES string of the molecule is CCCCCCCCC(=O)NN=Cc1ccc(Cl)s1. The highest BCUT2D eigenvalue weighted by atomic mass is 35.5. The lowest BCUT2D eigenvalue weighted by atomic mass is 10.1. The molecule has 1 N–H and O–H groups in total. The molecule has 0 saturated carbocycles. The van der Waals surface area contributed by atoms with Crippen LogP contribution in [0.1, 0.15) is 56.7 Å². The number of carbonyl (C=O) groups excluding carboxylic acids is 1. The van der Waals surface area contributed by atoms with Crippen LogP contribution in [0, 0.1) is 0 Å². The lowest BCUT2D eigenvalue weighted by Crippen LogP contribution is -2.16. The summed E-state index contributed by atoms with van der Waals surface area (Å²) in [6.07, 6.45) is 9.27. The normalized spacial score (nSPS) is 11.1. The summed E-state index contributed by atoms with van der Waals surface area (Å²) in [4.78, 5) is 12.4. The molecule has 0 fully saturated rings. The monoisotopic (exact) mass is 300 g/mol. The molecule has 0 bridgehead atoms. The molecule has 0 aromatic carbocycles. The summed E-state index contributed by atoms with van der Waals surface area (Å²) in [5.41, 5.74) is 2.54. The van der Waals surface area contributed by atoms with Crippen LogP contribution in [0.5, 0.6) is 0 Å². The quantitative estimate of drug-likeness (QED) is 0.404. The van der Waals surface area contributed by atoms with Crippen LogP contribution in [0.3, 0.4) is 0 Å². The van der Waals surface area contributed by atoms with Crippen LogP contribution in [0.15, 0.2) is 17.2 Å². The zero-order valence-corrected chi connectivity index (χ0v) is 12.9. The molecular formula is C14H21ClN2OS. The van der Waals surface area contributed by atoms with Crippen molar-refractivity contribution in [2.75, 3.05) is 0 Å². The molecule has 0 aliphatic rings. The molecule has 1 aromatic rings. The van der Waals surface area contributed by atoms with E-state index < -0.39 is 0 Å².